The number of carboxylic acids is 1. The van der Waals surface area contributed by atoms with Gasteiger partial charge in [-0.25, -0.2) is 0 Å². The zero-order valence-corrected chi connectivity index (χ0v) is 11.1. The summed E-state index contributed by atoms with van der Waals surface area (Å²) in [5, 5.41) is 12.1. The summed E-state index contributed by atoms with van der Waals surface area (Å²) in [5.41, 5.74) is 4.57. The van der Waals surface area contributed by atoms with E-state index in [-0.39, 0.29) is 12.5 Å². The van der Waals surface area contributed by atoms with Gasteiger partial charge in [0, 0.05) is 13.0 Å². The Balaban J connectivity index is 2.48. The number of nitrogens with two attached hydrogens (primary N) is 1. The van der Waals surface area contributed by atoms with E-state index in [9.17, 15) is 14.7 Å². The first-order valence-electron chi connectivity index (χ1n) is 6.70. The smallest absolute Gasteiger partial charge is 0.311 e. The summed E-state index contributed by atoms with van der Waals surface area (Å²) in [7, 11) is 0. The Bertz CT molecular complexity index is 297. The Morgan fingerprint density at radius 3 is 2.50 bits per heavy atom. The lowest BCUT2D eigenvalue weighted by Gasteiger charge is -2.35. The van der Waals surface area contributed by atoms with Gasteiger partial charge in [-0.2, -0.15) is 0 Å². The Morgan fingerprint density at radius 2 is 2.00 bits per heavy atom. The fourth-order valence-electron chi connectivity index (χ4n) is 2.40. The summed E-state index contributed by atoms with van der Waals surface area (Å²) in [6.07, 6.45) is 4.17. The van der Waals surface area contributed by atoms with Gasteiger partial charge in [0.05, 0.1) is 5.41 Å². The molecule has 0 heterocycles. The summed E-state index contributed by atoms with van der Waals surface area (Å²) >= 11 is 0. The normalized spacial score (nSPS) is 27.8. The molecule has 0 radical (unpaired) electrons. The van der Waals surface area contributed by atoms with Gasteiger partial charge in [-0.15, -0.1) is 0 Å². The van der Waals surface area contributed by atoms with Crippen LogP contribution in [0.15, 0.2) is 0 Å². The van der Waals surface area contributed by atoms with Crippen LogP contribution in [-0.2, 0) is 9.59 Å². The molecule has 1 aliphatic rings. The van der Waals surface area contributed by atoms with E-state index in [2.05, 4.69) is 12.2 Å². The van der Waals surface area contributed by atoms with Crippen molar-refractivity contribution in [1.29, 1.82) is 0 Å². The zero-order valence-electron chi connectivity index (χ0n) is 11.1. The molecule has 5 nitrogen and oxygen atoms in total. The molecule has 104 valence electrons. The molecule has 18 heavy (non-hydrogen) atoms. The molecule has 1 saturated carbocycles. The van der Waals surface area contributed by atoms with E-state index >= 15 is 0 Å². The summed E-state index contributed by atoms with van der Waals surface area (Å²) in [5.74, 6) is -0.293. The molecule has 0 atom stereocenters. The first-order chi connectivity index (χ1) is 8.50. The van der Waals surface area contributed by atoms with Crippen LogP contribution in [0.5, 0.6) is 0 Å². The summed E-state index contributed by atoms with van der Waals surface area (Å²) in [6.45, 7) is 2.87. The van der Waals surface area contributed by atoms with E-state index in [4.69, 9.17) is 5.73 Å². The number of hydrogen-bond donors (Lipinski definition) is 3. The van der Waals surface area contributed by atoms with Crippen LogP contribution in [0, 0.1) is 11.3 Å². The summed E-state index contributed by atoms with van der Waals surface area (Å²) in [6, 6.07) is 0. The van der Waals surface area contributed by atoms with Gasteiger partial charge in [0.25, 0.3) is 0 Å². The minimum atomic E-state index is -0.784. The maximum absolute atomic E-state index is 11.5. The molecule has 0 bridgehead atoms. The molecule has 4 N–H and O–H groups in total. The molecule has 1 aliphatic carbocycles. The van der Waals surface area contributed by atoms with E-state index < -0.39 is 11.4 Å². The van der Waals surface area contributed by atoms with Crippen LogP contribution in [0.4, 0.5) is 0 Å². The van der Waals surface area contributed by atoms with Gasteiger partial charge in [0.1, 0.15) is 0 Å². The lowest BCUT2D eigenvalue weighted by Crippen LogP contribution is -2.45. The fraction of sp³-hybridized carbons (Fsp3) is 0.846. The highest BCUT2D eigenvalue weighted by atomic mass is 16.4. The van der Waals surface area contributed by atoms with Gasteiger partial charge in [0.15, 0.2) is 0 Å². The average molecular weight is 256 g/mol. The Morgan fingerprint density at radius 1 is 1.39 bits per heavy atom. The van der Waals surface area contributed by atoms with Crippen molar-refractivity contribution in [3.8, 4) is 0 Å². The summed E-state index contributed by atoms with van der Waals surface area (Å²) < 4.78 is 0. The Kier molecular flexibility index (Phi) is 5.59. The van der Waals surface area contributed by atoms with Crippen molar-refractivity contribution < 1.29 is 14.7 Å². The van der Waals surface area contributed by atoms with Gasteiger partial charge in [-0.3, -0.25) is 9.59 Å². The van der Waals surface area contributed by atoms with E-state index in [1.165, 1.54) is 0 Å². The molecule has 0 aliphatic heterocycles. The molecule has 0 spiro atoms. The molecule has 5 heteroatoms. The van der Waals surface area contributed by atoms with Crippen molar-refractivity contribution in [2.24, 2.45) is 17.1 Å². The number of nitrogens with one attached hydrogen (secondary N) is 1. The van der Waals surface area contributed by atoms with Crippen LogP contribution in [0.2, 0.25) is 0 Å². The summed E-state index contributed by atoms with van der Waals surface area (Å²) in [4.78, 5) is 23.0. The quantitative estimate of drug-likeness (QED) is 0.664. The molecular weight excluding hydrogens is 232 g/mol. The largest absolute Gasteiger partial charge is 0.481 e. The van der Waals surface area contributed by atoms with Crippen LogP contribution in [0.1, 0.15) is 45.4 Å². The molecule has 1 amide bonds. The first kappa shape index (κ1) is 15.0. The van der Waals surface area contributed by atoms with E-state index in [0.717, 1.165) is 12.8 Å². The second kappa shape index (κ2) is 6.73. The van der Waals surface area contributed by atoms with E-state index in [0.29, 0.717) is 38.1 Å². The lowest BCUT2D eigenvalue weighted by molar-refractivity contribution is -0.151. The first-order valence-corrected chi connectivity index (χ1v) is 6.70. The third-order valence-electron chi connectivity index (χ3n) is 3.92. The van der Waals surface area contributed by atoms with Crippen LogP contribution in [0.3, 0.4) is 0 Å². The number of amides is 1. The van der Waals surface area contributed by atoms with Gasteiger partial charge in [-0.1, -0.05) is 6.92 Å². The van der Waals surface area contributed by atoms with Crippen molar-refractivity contribution in [2.45, 2.75) is 45.4 Å². The Labute approximate surface area is 108 Å². The predicted octanol–water partition coefficient (Wildman–Crippen LogP) is 1.12. The van der Waals surface area contributed by atoms with Gasteiger partial charge in [-0.05, 0) is 44.6 Å². The second-order valence-corrected chi connectivity index (χ2v) is 5.44. The second-order valence-electron chi connectivity index (χ2n) is 5.44. The highest BCUT2D eigenvalue weighted by molar-refractivity contribution is 5.79. The molecule has 0 aromatic carbocycles. The molecular formula is C13H24N2O3. The van der Waals surface area contributed by atoms with Crippen LogP contribution in [0.25, 0.3) is 0 Å². The highest BCUT2D eigenvalue weighted by Gasteiger charge is 2.41. The molecule has 0 unspecified atom stereocenters. The van der Waals surface area contributed by atoms with Gasteiger partial charge >= 0.3 is 5.97 Å². The number of carboxylic acid groups (broad SMARTS) is 1. The lowest BCUT2D eigenvalue weighted by atomic mass is 9.71. The number of rotatable bonds is 6. The minimum Gasteiger partial charge on any atom is -0.481 e. The molecule has 1 fully saturated rings. The number of carbonyl (C=O) groups is 2. The monoisotopic (exact) mass is 256 g/mol. The van der Waals surface area contributed by atoms with Crippen molar-refractivity contribution in [3.63, 3.8) is 0 Å². The molecule has 0 aromatic heterocycles. The Hall–Kier alpha value is -1.10. The maximum atomic E-state index is 11.5. The van der Waals surface area contributed by atoms with Crippen LogP contribution >= 0.6 is 0 Å². The van der Waals surface area contributed by atoms with Gasteiger partial charge in [0.2, 0.25) is 5.91 Å². The predicted molar refractivity (Wildman–Crippen MR) is 69.0 cm³/mol. The third-order valence-corrected chi connectivity index (χ3v) is 3.92. The highest BCUT2D eigenvalue weighted by Crippen LogP contribution is 2.38. The minimum absolute atomic E-state index is 0.0975. The topological polar surface area (TPSA) is 92.4 Å². The van der Waals surface area contributed by atoms with Crippen molar-refractivity contribution in [2.75, 3.05) is 13.1 Å². The van der Waals surface area contributed by atoms with Crippen molar-refractivity contribution >= 4 is 11.9 Å². The van der Waals surface area contributed by atoms with Gasteiger partial charge < -0.3 is 16.2 Å². The van der Waals surface area contributed by atoms with Crippen molar-refractivity contribution in [1.82, 2.24) is 5.32 Å². The third kappa shape index (κ3) is 3.98. The number of carbonyl (C=O) groups excluding carboxylic acids is 1. The fourth-order valence-corrected chi connectivity index (χ4v) is 2.40. The molecule has 0 aromatic rings. The van der Waals surface area contributed by atoms with Crippen molar-refractivity contribution in [3.05, 3.63) is 0 Å². The zero-order chi connectivity index (χ0) is 13.6. The maximum Gasteiger partial charge on any atom is 0.311 e. The standard InChI is InChI=1S/C13H24N2O3/c1-10-4-6-13(7-5-10,12(17)18)9-15-11(16)3-2-8-14/h10H,2-9,14H2,1H3,(H,15,16)(H,17,18). The van der Waals surface area contributed by atoms with Crippen LogP contribution < -0.4 is 11.1 Å². The van der Waals surface area contributed by atoms with E-state index in [1.807, 2.05) is 0 Å². The SMILES string of the molecule is CC1CCC(CNC(=O)CCCN)(C(=O)O)CC1. The molecule has 1 rings (SSSR count). The number of hydrogen-bond acceptors (Lipinski definition) is 3. The van der Waals surface area contributed by atoms with E-state index in [1.54, 1.807) is 0 Å². The average Bonchev–Trinajstić information content (AvgIpc) is 2.35. The molecule has 0 saturated heterocycles. The number of aliphatic carboxylic acids is 1. The van der Waals surface area contributed by atoms with Crippen LogP contribution in [-0.4, -0.2) is 30.1 Å².